The molecule has 21 heavy (non-hydrogen) atoms. The normalized spacial score (nSPS) is 13.6. The molecule has 2 aromatic rings. The first kappa shape index (κ1) is 15.1. The van der Waals surface area contributed by atoms with Crippen LogP contribution in [0.15, 0.2) is 36.8 Å². The number of carbonyl (C=O) groups excluding carboxylic acids is 1. The highest BCUT2D eigenvalue weighted by Gasteiger charge is 2.19. The van der Waals surface area contributed by atoms with Gasteiger partial charge in [0.1, 0.15) is 11.4 Å². The van der Waals surface area contributed by atoms with Crippen LogP contribution >= 0.6 is 0 Å². The van der Waals surface area contributed by atoms with Crippen LogP contribution in [0.3, 0.4) is 0 Å². The number of aromatic amines is 1. The predicted octanol–water partition coefficient (Wildman–Crippen LogP) is 1.23. The number of aliphatic hydroxyl groups excluding tert-OH is 1. The SMILES string of the molecule is C[C@H](O)[C@@H](CCc1ccccc1O)NC(=O)c1cnc[nH]1. The Kier molecular flexibility index (Phi) is 4.94. The number of amides is 1. The van der Waals surface area contributed by atoms with E-state index in [1.165, 1.54) is 12.5 Å². The monoisotopic (exact) mass is 289 g/mol. The van der Waals surface area contributed by atoms with Gasteiger partial charge in [-0.3, -0.25) is 4.79 Å². The fourth-order valence-electron chi connectivity index (χ4n) is 2.09. The summed E-state index contributed by atoms with van der Waals surface area (Å²) in [4.78, 5) is 18.5. The molecule has 2 rings (SSSR count). The van der Waals surface area contributed by atoms with E-state index in [1.54, 1.807) is 19.1 Å². The number of rotatable bonds is 6. The number of phenols is 1. The number of aromatic nitrogens is 2. The summed E-state index contributed by atoms with van der Waals surface area (Å²) in [6, 6.07) is 6.64. The number of H-pyrrole nitrogens is 1. The third-order valence-corrected chi connectivity index (χ3v) is 3.36. The second-order valence-corrected chi connectivity index (χ2v) is 4.95. The van der Waals surface area contributed by atoms with Crippen molar-refractivity contribution in [1.82, 2.24) is 15.3 Å². The zero-order valence-electron chi connectivity index (χ0n) is 11.8. The summed E-state index contributed by atoms with van der Waals surface area (Å²) in [6.45, 7) is 1.63. The summed E-state index contributed by atoms with van der Waals surface area (Å²) < 4.78 is 0. The molecule has 6 nitrogen and oxygen atoms in total. The van der Waals surface area contributed by atoms with Gasteiger partial charge in [0.15, 0.2) is 0 Å². The number of aryl methyl sites for hydroxylation is 1. The van der Waals surface area contributed by atoms with Crippen LogP contribution in [0, 0.1) is 0 Å². The lowest BCUT2D eigenvalue weighted by molar-refractivity contribution is 0.0846. The van der Waals surface area contributed by atoms with Crippen molar-refractivity contribution >= 4 is 5.91 Å². The van der Waals surface area contributed by atoms with Crippen molar-refractivity contribution in [2.24, 2.45) is 0 Å². The Morgan fingerprint density at radius 1 is 1.43 bits per heavy atom. The number of aromatic hydroxyl groups is 1. The van der Waals surface area contributed by atoms with E-state index in [4.69, 9.17) is 0 Å². The maximum atomic E-state index is 12.0. The summed E-state index contributed by atoms with van der Waals surface area (Å²) in [5.74, 6) is -0.0857. The molecule has 0 saturated heterocycles. The van der Waals surface area contributed by atoms with Gasteiger partial charge in [-0.1, -0.05) is 18.2 Å². The van der Waals surface area contributed by atoms with E-state index in [9.17, 15) is 15.0 Å². The fraction of sp³-hybridized carbons (Fsp3) is 0.333. The fourth-order valence-corrected chi connectivity index (χ4v) is 2.09. The van der Waals surface area contributed by atoms with Crippen LogP contribution < -0.4 is 5.32 Å². The summed E-state index contributed by atoms with van der Waals surface area (Å²) in [5.41, 5.74) is 1.14. The Bertz CT molecular complexity index is 582. The van der Waals surface area contributed by atoms with Crippen LogP contribution in [0.4, 0.5) is 0 Å². The van der Waals surface area contributed by atoms with Gasteiger partial charge >= 0.3 is 0 Å². The van der Waals surface area contributed by atoms with Crippen LogP contribution in [0.1, 0.15) is 29.4 Å². The second kappa shape index (κ2) is 6.90. The highest BCUT2D eigenvalue weighted by Crippen LogP contribution is 2.18. The standard InChI is InChI=1S/C15H19N3O3/c1-10(19)12(18-15(21)13-8-16-9-17-13)7-6-11-4-2-3-5-14(11)20/h2-5,8-10,12,19-20H,6-7H2,1H3,(H,16,17)(H,18,21)/t10-,12+/m0/s1. The molecule has 0 bridgehead atoms. The lowest BCUT2D eigenvalue weighted by atomic mass is 10.0. The largest absolute Gasteiger partial charge is 0.508 e. The molecule has 0 aliphatic heterocycles. The minimum absolute atomic E-state index is 0.224. The van der Waals surface area contributed by atoms with Crippen LogP contribution in [-0.2, 0) is 6.42 Å². The number of imidazole rings is 1. The number of para-hydroxylation sites is 1. The van der Waals surface area contributed by atoms with Crippen molar-refractivity contribution < 1.29 is 15.0 Å². The van der Waals surface area contributed by atoms with Crippen LogP contribution in [0.2, 0.25) is 0 Å². The van der Waals surface area contributed by atoms with Gasteiger partial charge in [0.2, 0.25) is 0 Å². The first-order valence-corrected chi connectivity index (χ1v) is 6.82. The van der Waals surface area contributed by atoms with E-state index < -0.39 is 12.1 Å². The zero-order chi connectivity index (χ0) is 15.2. The summed E-state index contributed by atoms with van der Waals surface area (Å²) in [5, 5.41) is 22.3. The predicted molar refractivity (Wildman–Crippen MR) is 78.0 cm³/mol. The molecule has 0 aliphatic rings. The molecule has 2 atom stereocenters. The third-order valence-electron chi connectivity index (χ3n) is 3.36. The van der Waals surface area contributed by atoms with Gasteiger partial charge in [0.25, 0.3) is 5.91 Å². The Hall–Kier alpha value is -2.34. The zero-order valence-corrected chi connectivity index (χ0v) is 11.8. The van der Waals surface area contributed by atoms with Crippen LogP contribution in [0.25, 0.3) is 0 Å². The number of aliphatic hydroxyl groups is 1. The first-order chi connectivity index (χ1) is 10.1. The van der Waals surface area contributed by atoms with Gasteiger partial charge in [-0.25, -0.2) is 4.98 Å². The Morgan fingerprint density at radius 2 is 2.19 bits per heavy atom. The van der Waals surface area contributed by atoms with E-state index in [2.05, 4.69) is 15.3 Å². The minimum atomic E-state index is -0.692. The number of hydrogen-bond donors (Lipinski definition) is 4. The van der Waals surface area contributed by atoms with Gasteiger partial charge in [0, 0.05) is 0 Å². The van der Waals surface area contributed by atoms with Crippen molar-refractivity contribution in [2.45, 2.75) is 31.9 Å². The van der Waals surface area contributed by atoms with E-state index in [0.29, 0.717) is 18.5 Å². The molecule has 0 unspecified atom stereocenters. The molecule has 0 radical (unpaired) electrons. The lowest BCUT2D eigenvalue weighted by Gasteiger charge is -2.21. The molecule has 112 valence electrons. The van der Waals surface area contributed by atoms with Crippen molar-refractivity contribution in [2.75, 3.05) is 0 Å². The van der Waals surface area contributed by atoms with Gasteiger partial charge in [0.05, 0.1) is 24.7 Å². The molecule has 0 aliphatic carbocycles. The minimum Gasteiger partial charge on any atom is -0.508 e. The molecule has 1 aromatic heterocycles. The number of carbonyl (C=O) groups is 1. The summed E-state index contributed by atoms with van der Waals surface area (Å²) >= 11 is 0. The van der Waals surface area contributed by atoms with E-state index in [1.807, 2.05) is 12.1 Å². The lowest BCUT2D eigenvalue weighted by Crippen LogP contribution is -2.42. The third kappa shape index (κ3) is 4.06. The Labute approximate surface area is 122 Å². The molecule has 6 heteroatoms. The van der Waals surface area contributed by atoms with Crippen molar-refractivity contribution in [3.63, 3.8) is 0 Å². The van der Waals surface area contributed by atoms with Crippen LogP contribution in [-0.4, -0.2) is 38.2 Å². The van der Waals surface area contributed by atoms with Gasteiger partial charge in [-0.05, 0) is 31.4 Å². The number of nitrogens with one attached hydrogen (secondary N) is 2. The maximum absolute atomic E-state index is 12.0. The van der Waals surface area contributed by atoms with Crippen molar-refractivity contribution in [1.29, 1.82) is 0 Å². The summed E-state index contributed by atoms with van der Waals surface area (Å²) in [7, 11) is 0. The molecule has 1 amide bonds. The molecular weight excluding hydrogens is 270 g/mol. The Balaban J connectivity index is 1.97. The smallest absolute Gasteiger partial charge is 0.269 e. The van der Waals surface area contributed by atoms with E-state index in [-0.39, 0.29) is 11.7 Å². The Morgan fingerprint density at radius 3 is 2.81 bits per heavy atom. The average molecular weight is 289 g/mol. The van der Waals surface area contributed by atoms with Crippen molar-refractivity contribution in [3.05, 3.63) is 48.0 Å². The highest BCUT2D eigenvalue weighted by molar-refractivity contribution is 5.92. The molecule has 0 saturated carbocycles. The quantitative estimate of drug-likeness (QED) is 0.643. The topological polar surface area (TPSA) is 98.2 Å². The van der Waals surface area contributed by atoms with Gasteiger partial charge in [-0.15, -0.1) is 0 Å². The molecule has 4 N–H and O–H groups in total. The number of nitrogens with zero attached hydrogens (tertiary/aromatic N) is 1. The number of hydrogen-bond acceptors (Lipinski definition) is 4. The molecular formula is C15H19N3O3. The summed E-state index contributed by atoms with van der Waals surface area (Å²) in [6.07, 6.45) is 3.24. The molecule has 0 fully saturated rings. The maximum Gasteiger partial charge on any atom is 0.269 e. The average Bonchev–Trinajstić information content (AvgIpc) is 2.98. The molecule has 1 aromatic carbocycles. The van der Waals surface area contributed by atoms with Gasteiger partial charge < -0.3 is 20.5 Å². The number of benzene rings is 1. The highest BCUT2D eigenvalue weighted by atomic mass is 16.3. The van der Waals surface area contributed by atoms with Crippen LogP contribution in [0.5, 0.6) is 5.75 Å². The second-order valence-electron chi connectivity index (χ2n) is 4.95. The first-order valence-electron chi connectivity index (χ1n) is 6.82. The molecule has 0 spiro atoms. The van der Waals surface area contributed by atoms with E-state index >= 15 is 0 Å². The number of phenolic OH excluding ortho intramolecular Hbond substituents is 1. The molecule has 1 heterocycles. The van der Waals surface area contributed by atoms with Crippen molar-refractivity contribution in [3.8, 4) is 5.75 Å². The van der Waals surface area contributed by atoms with E-state index in [0.717, 1.165) is 5.56 Å². The van der Waals surface area contributed by atoms with Gasteiger partial charge in [-0.2, -0.15) is 0 Å².